The van der Waals surface area contributed by atoms with Crippen molar-refractivity contribution in [3.8, 4) is 0 Å². The molecule has 12 atom stereocenters. The summed E-state index contributed by atoms with van der Waals surface area (Å²) in [4.78, 5) is 21.7. The molecule has 8 rings (SSSR count). The highest BCUT2D eigenvalue weighted by Crippen LogP contribution is 2.55. The van der Waals surface area contributed by atoms with Crippen molar-refractivity contribution < 1.29 is 33.3 Å². The summed E-state index contributed by atoms with van der Waals surface area (Å²) in [6, 6.07) is 0. The summed E-state index contributed by atoms with van der Waals surface area (Å²) in [6.45, 7) is 6.29. The van der Waals surface area contributed by atoms with Crippen molar-refractivity contribution in [2.45, 2.75) is 64.7 Å². The standard InChI is InChI=1S/C12H20O3.C10H14O3.C9H14O/c1-8(13)15-7-12-10-4-3-9(5-10)11(12)6-14-2;11-10-12-4-8-6-1-2-7(3-6)9(8)5-13-10;1-2-7-3-6(1)8-4-10-5-9(7)8/h9-12H,3-7H2,1-2H3;6-9H,1-5H2;6-9H,1-5H2/t9-,10+,11+,12-;2*6-,7+,8+,9-/m0../s1. The average Bonchev–Trinajstić information content (AvgIpc) is 3.74. The van der Waals surface area contributed by atoms with Gasteiger partial charge in [-0.1, -0.05) is 0 Å². The molecule has 0 unspecified atom stereocenters. The fraction of sp³-hybridized carbons (Fsp3) is 0.935. The molecular formula is C31H48O7. The lowest BCUT2D eigenvalue weighted by atomic mass is 9.80. The van der Waals surface area contributed by atoms with Crippen LogP contribution in [0, 0.1) is 71.0 Å². The maximum atomic E-state index is 10.9. The Bertz CT molecular complexity index is 808. The molecule has 8 fully saturated rings. The topological polar surface area (TPSA) is 80.3 Å². The summed E-state index contributed by atoms with van der Waals surface area (Å²) in [5.74, 6) is 9.52. The van der Waals surface area contributed by atoms with Crippen LogP contribution >= 0.6 is 0 Å². The summed E-state index contributed by atoms with van der Waals surface area (Å²) in [6.07, 6.45) is 12.1. The average molecular weight is 533 g/mol. The summed E-state index contributed by atoms with van der Waals surface area (Å²) in [7, 11) is 1.76. The number of hydrogen-bond donors (Lipinski definition) is 0. The van der Waals surface area contributed by atoms with Crippen LogP contribution in [0.5, 0.6) is 0 Å². The van der Waals surface area contributed by atoms with E-state index >= 15 is 0 Å². The highest BCUT2D eigenvalue weighted by molar-refractivity contribution is 5.65. The Morgan fingerprint density at radius 3 is 1.58 bits per heavy atom. The SMILES string of the molecule is C1C[C@@H]2C[C@H]1[C@H]1COC[C@@H]21.COC[C@@H]1[C@H]2CC[C@H](C2)[C@@H]1COC(C)=O.O=C1OC[C@@H]2[C@H]3CC[C@H](C3)[C@@H]2CO1. The third-order valence-corrected chi connectivity index (χ3v) is 12.1. The quantitative estimate of drug-likeness (QED) is 0.452. The van der Waals surface area contributed by atoms with Gasteiger partial charge in [0.25, 0.3) is 0 Å². The molecule has 2 aliphatic heterocycles. The van der Waals surface area contributed by atoms with Gasteiger partial charge in [0.1, 0.15) is 0 Å². The van der Waals surface area contributed by atoms with E-state index in [1.165, 1.54) is 58.3 Å². The molecule has 6 bridgehead atoms. The van der Waals surface area contributed by atoms with Gasteiger partial charge in [-0.25, -0.2) is 4.79 Å². The van der Waals surface area contributed by atoms with Gasteiger partial charge in [0, 0.05) is 38.4 Å². The summed E-state index contributed by atoms with van der Waals surface area (Å²) in [5, 5.41) is 0. The normalized spacial score (nSPS) is 46.6. The first kappa shape index (κ1) is 26.9. The van der Waals surface area contributed by atoms with Crippen molar-refractivity contribution in [3.05, 3.63) is 0 Å². The minimum atomic E-state index is -0.464. The van der Waals surface area contributed by atoms with Crippen LogP contribution in [0.25, 0.3) is 0 Å². The van der Waals surface area contributed by atoms with E-state index in [1.807, 2.05) is 0 Å². The number of methoxy groups -OCH3 is 1. The van der Waals surface area contributed by atoms with Crippen molar-refractivity contribution in [2.75, 3.05) is 46.8 Å². The smallest absolute Gasteiger partial charge is 0.466 e. The van der Waals surface area contributed by atoms with Gasteiger partial charge >= 0.3 is 12.1 Å². The van der Waals surface area contributed by atoms with Gasteiger partial charge in [-0.2, -0.15) is 0 Å². The Morgan fingerprint density at radius 1 is 0.684 bits per heavy atom. The van der Waals surface area contributed by atoms with Crippen LogP contribution in [0.15, 0.2) is 0 Å². The maximum Gasteiger partial charge on any atom is 0.508 e. The lowest BCUT2D eigenvalue weighted by molar-refractivity contribution is -0.143. The number of fused-ring (bicyclic) bond motifs is 12. The zero-order valence-electron chi connectivity index (χ0n) is 23.4. The Balaban J connectivity index is 0.000000106. The zero-order valence-corrected chi connectivity index (χ0v) is 23.4. The lowest BCUT2D eigenvalue weighted by Crippen LogP contribution is -2.30. The first-order chi connectivity index (χ1) is 18.5. The largest absolute Gasteiger partial charge is 0.508 e. The van der Waals surface area contributed by atoms with Crippen molar-refractivity contribution in [2.24, 2.45) is 71.0 Å². The molecular weight excluding hydrogens is 484 g/mol. The Morgan fingerprint density at radius 2 is 1.11 bits per heavy atom. The third kappa shape index (κ3) is 5.35. The van der Waals surface area contributed by atoms with Gasteiger partial charge in [-0.3, -0.25) is 4.79 Å². The van der Waals surface area contributed by atoms with E-state index in [9.17, 15) is 9.59 Å². The molecule has 0 aromatic heterocycles. The molecule has 214 valence electrons. The Labute approximate surface area is 228 Å². The van der Waals surface area contributed by atoms with E-state index in [4.69, 9.17) is 23.7 Å². The van der Waals surface area contributed by atoms with Gasteiger partial charge in [0.15, 0.2) is 0 Å². The van der Waals surface area contributed by atoms with E-state index < -0.39 is 6.16 Å². The van der Waals surface area contributed by atoms with Gasteiger partial charge in [-0.15, -0.1) is 0 Å². The predicted molar refractivity (Wildman–Crippen MR) is 140 cm³/mol. The first-order valence-electron chi connectivity index (χ1n) is 15.5. The number of ether oxygens (including phenoxy) is 5. The van der Waals surface area contributed by atoms with E-state index in [-0.39, 0.29) is 5.97 Å². The molecule has 0 N–H and O–H groups in total. The van der Waals surface area contributed by atoms with E-state index in [1.54, 1.807) is 13.5 Å². The summed E-state index contributed by atoms with van der Waals surface area (Å²) in [5.41, 5.74) is 0. The molecule has 0 radical (unpaired) electrons. The molecule has 6 saturated carbocycles. The highest BCUT2D eigenvalue weighted by atomic mass is 16.7. The number of rotatable bonds is 4. The zero-order chi connectivity index (χ0) is 26.2. The summed E-state index contributed by atoms with van der Waals surface area (Å²) < 4.78 is 25.9. The molecule has 7 heteroatoms. The van der Waals surface area contributed by atoms with E-state index in [2.05, 4.69) is 0 Å². The highest BCUT2D eigenvalue weighted by Gasteiger charge is 2.51. The fourth-order valence-corrected chi connectivity index (χ4v) is 10.3. The predicted octanol–water partition coefficient (Wildman–Crippen LogP) is 5.35. The van der Waals surface area contributed by atoms with Gasteiger partial charge in [0.05, 0.1) is 33.0 Å². The van der Waals surface area contributed by atoms with Crippen molar-refractivity contribution in [3.63, 3.8) is 0 Å². The number of carbonyl (C=O) groups excluding carboxylic acids is 2. The fourth-order valence-electron chi connectivity index (χ4n) is 10.3. The van der Waals surface area contributed by atoms with Crippen LogP contribution in [0.3, 0.4) is 0 Å². The number of cyclic esters (lactones) is 2. The molecule has 6 aliphatic carbocycles. The molecule has 38 heavy (non-hydrogen) atoms. The van der Waals surface area contributed by atoms with Gasteiger partial charge in [-0.05, 0) is 111 Å². The minimum absolute atomic E-state index is 0.158. The number of hydrogen-bond acceptors (Lipinski definition) is 7. The van der Waals surface area contributed by atoms with Crippen LogP contribution in [0.4, 0.5) is 4.79 Å². The molecule has 8 aliphatic rings. The molecule has 2 heterocycles. The minimum Gasteiger partial charge on any atom is -0.466 e. The van der Waals surface area contributed by atoms with E-state index in [0.29, 0.717) is 43.5 Å². The maximum absolute atomic E-state index is 10.9. The Kier molecular flexibility index (Phi) is 8.23. The van der Waals surface area contributed by atoms with Crippen LogP contribution in [0.1, 0.15) is 64.7 Å². The van der Waals surface area contributed by atoms with Gasteiger partial charge in [0.2, 0.25) is 0 Å². The second kappa shape index (κ2) is 11.6. The summed E-state index contributed by atoms with van der Waals surface area (Å²) >= 11 is 0. The first-order valence-corrected chi connectivity index (χ1v) is 15.5. The van der Waals surface area contributed by atoms with Crippen molar-refractivity contribution in [1.82, 2.24) is 0 Å². The number of esters is 1. The molecule has 0 aromatic carbocycles. The molecule has 0 spiro atoms. The lowest BCUT2D eigenvalue weighted by Gasteiger charge is -2.29. The van der Waals surface area contributed by atoms with Crippen LogP contribution in [0.2, 0.25) is 0 Å². The van der Waals surface area contributed by atoms with Crippen LogP contribution in [-0.4, -0.2) is 58.9 Å². The Hall–Kier alpha value is -1.34. The molecule has 7 nitrogen and oxygen atoms in total. The van der Waals surface area contributed by atoms with Gasteiger partial charge < -0.3 is 23.7 Å². The van der Waals surface area contributed by atoms with Crippen molar-refractivity contribution >= 4 is 12.1 Å². The van der Waals surface area contributed by atoms with Crippen LogP contribution < -0.4 is 0 Å². The second-order valence-electron chi connectivity index (χ2n) is 13.7. The van der Waals surface area contributed by atoms with Crippen molar-refractivity contribution in [1.29, 1.82) is 0 Å². The second-order valence-corrected chi connectivity index (χ2v) is 13.7. The van der Waals surface area contributed by atoms with Crippen LogP contribution in [-0.2, 0) is 28.5 Å². The third-order valence-electron chi connectivity index (χ3n) is 12.1. The molecule has 0 amide bonds. The monoisotopic (exact) mass is 532 g/mol. The van der Waals surface area contributed by atoms with E-state index in [0.717, 1.165) is 67.2 Å². The number of carbonyl (C=O) groups is 2. The molecule has 0 aromatic rings. The molecule has 2 saturated heterocycles.